The van der Waals surface area contributed by atoms with Gasteiger partial charge in [0, 0.05) is 45.0 Å². The Bertz CT molecular complexity index is 924. The molecule has 1 aromatic carbocycles. The van der Waals surface area contributed by atoms with Gasteiger partial charge in [0.1, 0.15) is 0 Å². The van der Waals surface area contributed by atoms with E-state index in [2.05, 4.69) is 37.3 Å². The molecule has 26 heavy (non-hydrogen) atoms. The van der Waals surface area contributed by atoms with Gasteiger partial charge in [-0.05, 0) is 23.3 Å². The van der Waals surface area contributed by atoms with Crippen LogP contribution in [0.1, 0.15) is 22.4 Å². The molecule has 0 spiro atoms. The SMILES string of the molecule is O=c1[nH]c(NCc2ccncc2)nc2c1CN(Cc1ccccc1)CC2. The lowest BCUT2D eigenvalue weighted by Gasteiger charge is -2.27. The second-order valence-corrected chi connectivity index (χ2v) is 6.50. The summed E-state index contributed by atoms with van der Waals surface area (Å²) in [6.07, 6.45) is 4.29. The lowest BCUT2D eigenvalue weighted by atomic mass is 10.1. The van der Waals surface area contributed by atoms with Crippen LogP contribution in [0, 0.1) is 0 Å². The Kier molecular flexibility index (Phi) is 4.75. The lowest BCUT2D eigenvalue weighted by molar-refractivity contribution is 0.242. The molecule has 3 heterocycles. The van der Waals surface area contributed by atoms with Gasteiger partial charge < -0.3 is 5.32 Å². The maximum absolute atomic E-state index is 12.5. The smallest absolute Gasteiger partial charge is 0.257 e. The van der Waals surface area contributed by atoms with Gasteiger partial charge in [0.25, 0.3) is 5.56 Å². The van der Waals surface area contributed by atoms with Crippen LogP contribution in [-0.4, -0.2) is 26.4 Å². The van der Waals surface area contributed by atoms with Crippen LogP contribution in [0.2, 0.25) is 0 Å². The van der Waals surface area contributed by atoms with Gasteiger partial charge in [-0.2, -0.15) is 0 Å². The fraction of sp³-hybridized carbons (Fsp3) is 0.250. The zero-order valence-corrected chi connectivity index (χ0v) is 14.5. The highest BCUT2D eigenvalue weighted by Crippen LogP contribution is 2.17. The molecule has 0 unspecified atom stereocenters. The highest BCUT2D eigenvalue weighted by Gasteiger charge is 2.21. The molecule has 4 rings (SSSR count). The summed E-state index contributed by atoms with van der Waals surface area (Å²) in [6.45, 7) is 2.99. The third-order valence-electron chi connectivity index (χ3n) is 4.61. The zero-order valence-electron chi connectivity index (χ0n) is 14.5. The first-order valence-electron chi connectivity index (χ1n) is 8.79. The van der Waals surface area contributed by atoms with Crippen LogP contribution in [0.4, 0.5) is 5.95 Å². The van der Waals surface area contributed by atoms with Gasteiger partial charge in [-0.15, -0.1) is 0 Å². The van der Waals surface area contributed by atoms with Crippen molar-refractivity contribution in [2.24, 2.45) is 0 Å². The first-order valence-corrected chi connectivity index (χ1v) is 8.79. The molecule has 3 aromatic rings. The van der Waals surface area contributed by atoms with E-state index in [1.807, 2.05) is 30.3 Å². The topological polar surface area (TPSA) is 73.9 Å². The minimum absolute atomic E-state index is 0.0509. The van der Waals surface area contributed by atoms with Gasteiger partial charge in [-0.25, -0.2) is 4.98 Å². The van der Waals surface area contributed by atoms with Crippen LogP contribution in [0.15, 0.2) is 59.7 Å². The number of aromatic amines is 1. The molecule has 1 aliphatic heterocycles. The van der Waals surface area contributed by atoms with Gasteiger partial charge in [0.05, 0.1) is 11.3 Å². The molecule has 0 radical (unpaired) electrons. The highest BCUT2D eigenvalue weighted by atomic mass is 16.1. The van der Waals surface area contributed by atoms with Crippen molar-refractivity contribution >= 4 is 5.95 Å². The van der Waals surface area contributed by atoms with Crippen molar-refractivity contribution in [3.05, 3.63) is 87.6 Å². The van der Waals surface area contributed by atoms with Gasteiger partial charge in [-0.3, -0.25) is 19.7 Å². The van der Waals surface area contributed by atoms with Crippen molar-refractivity contribution in [2.45, 2.75) is 26.1 Å². The summed E-state index contributed by atoms with van der Waals surface area (Å²) in [4.78, 5) is 26.3. The number of fused-ring (bicyclic) bond motifs is 1. The van der Waals surface area contributed by atoms with E-state index in [-0.39, 0.29) is 5.56 Å². The Labute approximate surface area is 151 Å². The molecule has 0 bridgehead atoms. The summed E-state index contributed by atoms with van der Waals surface area (Å²) in [6, 6.07) is 14.2. The van der Waals surface area contributed by atoms with E-state index in [0.717, 1.165) is 36.3 Å². The maximum atomic E-state index is 12.5. The molecule has 0 amide bonds. The van der Waals surface area contributed by atoms with Crippen molar-refractivity contribution in [3.63, 3.8) is 0 Å². The number of hydrogen-bond acceptors (Lipinski definition) is 5. The number of benzene rings is 1. The second kappa shape index (κ2) is 7.49. The first kappa shape index (κ1) is 16.5. The molecule has 2 N–H and O–H groups in total. The van der Waals surface area contributed by atoms with Gasteiger partial charge in [0.2, 0.25) is 5.95 Å². The highest BCUT2D eigenvalue weighted by molar-refractivity contribution is 5.32. The third-order valence-corrected chi connectivity index (χ3v) is 4.61. The number of H-pyrrole nitrogens is 1. The maximum Gasteiger partial charge on any atom is 0.257 e. The quantitative estimate of drug-likeness (QED) is 0.741. The summed E-state index contributed by atoms with van der Waals surface area (Å²) in [5, 5.41) is 3.19. The molecule has 1 aliphatic rings. The van der Waals surface area contributed by atoms with E-state index in [1.165, 1.54) is 5.56 Å². The fourth-order valence-corrected chi connectivity index (χ4v) is 3.23. The average Bonchev–Trinajstić information content (AvgIpc) is 2.68. The predicted octanol–water partition coefficient (Wildman–Crippen LogP) is 2.34. The molecule has 6 nitrogen and oxygen atoms in total. The van der Waals surface area contributed by atoms with Crippen molar-refractivity contribution in [1.29, 1.82) is 0 Å². The van der Waals surface area contributed by atoms with Crippen LogP contribution >= 0.6 is 0 Å². The van der Waals surface area contributed by atoms with E-state index in [0.29, 0.717) is 19.0 Å². The molecule has 0 saturated carbocycles. The minimum Gasteiger partial charge on any atom is -0.352 e. The standard InChI is InChI=1S/C20H21N5O/c26-19-17-14-25(13-16-4-2-1-3-5-16)11-8-18(17)23-20(24-19)22-12-15-6-9-21-10-7-15/h1-7,9-10H,8,11-14H2,(H2,22,23,24,26). The molecule has 132 valence electrons. The van der Waals surface area contributed by atoms with E-state index >= 15 is 0 Å². The summed E-state index contributed by atoms with van der Waals surface area (Å²) < 4.78 is 0. The first-order chi connectivity index (χ1) is 12.8. The van der Waals surface area contributed by atoms with E-state index in [4.69, 9.17) is 0 Å². The Morgan fingerprint density at radius 2 is 1.88 bits per heavy atom. The molecule has 2 aromatic heterocycles. The normalized spacial score (nSPS) is 14.0. The summed E-state index contributed by atoms with van der Waals surface area (Å²) >= 11 is 0. The predicted molar refractivity (Wildman–Crippen MR) is 101 cm³/mol. The molecule has 0 saturated heterocycles. The van der Waals surface area contributed by atoms with Crippen LogP contribution in [0.3, 0.4) is 0 Å². The number of nitrogens with one attached hydrogen (secondary N) is 2. The van der Waals surface area contributed by atoms with Gasteiger partial charge >= 0.3 is 0 Å². The van der Waals surface area contributed by atoms with E-state index < -0.39 is 0 Å². The lowest BCUT2D eigenvalue weighted by Crippen LogP contribution is -2.35. The van der Waals surface area contributed by atoms with Crippen molar-refractivity contribution in [3.8, 4) is 0 Å². The third kappa shape index (κ3) is 3.81. The molecular formula is C20H21N5O. The zero-order chi connectivity index (χ0) is 17.8. The van der Waals surface area contributed by atoms with E-state index in [1.54, 1.807) is 12.4 Å². The number of nitrogens with zero attached hydrogens (tertiary/aromatic N) is 3. The van der Waals surface area contributed by atoms with Crippen molar-refractivity contribution in [1.82, 2.24) is 19.9 Å². The Morgan fingerprint density at radius 1 is 1.08 bits per heavy atom. The summed E-state index contributed by atoms with van der Waals surface area (Å²) in [7, 11) is 0. The van der Waals surface area contributed by atoms with Crippen LogP contribution in [0.5, 0.6) is 0 Å². The average molecular weight is 347 g/mol. The number of pyridine rings is 1. The second-order valence-electron chi connectivity index (χ2n) is 6.50. The molecule has 0 fully saturated rings. The number of aromatic nitrogens is 3. The Balaban J connectivity index is 1.46. The molecule has 6 heteroatoms. The van der Waals surface area contributed by atoms with Crippen LogP contribution < -0.4 is 10.9 Å². The van der Waals surface area contributed by atoms with Crippen LogP contribution in [-0.2, 0) is 26.1 Å². The summed E-state index contributed by atoms with van der Waals surface area (Å²) in [5.41, 5.74) is 3.98. The molecular weight excluding hydrogens is 326 g/mol. The van der Waals surface area contributed by atoms with Gasteiger partial charge in [0.15, 0.2) is 0 Å². The van der Waals surface area contributed by atoms with Crippen molar-refractivity contribution in [2.75, 3.05) is 11.9 Å². The Morgan fingerprint density at radius 3 is 2.69 bits per heavy atom. The number of hydrogen-bond donors (Lipinski definition) is 2. The van der Waals surface area contributed by atoms with Crippen molar-refractivity contribution < 1.29 is 0 Å². The summed E-state index contributed by atoms with van der Waals surface area (Å²) in [5.74, 6) is 0.530. The van der Waals surface area contributed by atoms with E-state index in [9.17, 15) is 4.79 Å². The molecule has 0 aliphatic carbocycles. The fourth-order valence-electron chi connectivity index (χ4n) is 3.23. The number of rotatable bonds is 5. The Hall–Kier alpha value is -2.99. The minimum atomic E-state index is -0.0509. The number of anilines is 1. The monoisotopic (exact) mass is 347 g/mol. The van der Waals surface area contributed by atoms with Gasteiger partial charge in [-0.1, -0.05) is 30.3 Å². The largest absolute Gasteiger partial charge is 0.352 e. The van der Waals surface area contributed by atoms with Crippen LogP contribution in [0.25, 0.3) is 0 Å². The molecule has 0 atom stereocenters.